The molecule has 0 spiro atoms. The Bertz CT molecular complexity index is 1350. The summed E-state index contributed by atoms with van der Waals surface area (Å²) in [5.74, 6) is -0.0433. The van der Waals surface area contributed by atoms with Gasteiger partial charge in [0.05, 0.1) is 23.1 Å². The molecule has 1 aromatic heterocycles. The first-order valence-electron chi connectivity index (χ1n) is 10.6. The summed E-state index contributed by atoms with van der Waals surface area (Å²) < 4.78 is 1.82. The number of benzene rings is 3. The third kappa shape index (κ3) is 4.01. The lowest BCUT2D eigenvalue weighted by Crippen LogP contribution is -2.24. The molecular weight excluding hydrogens is 436 g/mol. The fraction of sp³-hybridized carbons (Fsp3) is 0.115. The molecule has 0 aliphatic carbocycles. The Balaban J connectivity index is 1.63. The quantitative estimate of drug-likeness (QED) is 0.434. The molecule has 3 aromatic carbocycles. The number of nitrogens with zero attached hydrogens (tertiary/aromatic N) is 4. The minimum absolute atomic E-state index is 0.137. The van der Waals surface area contributed by atoms with E-state index in [0.29, 0.717) is 22.7 Å². The number of hydrogen-bond acceptors (Lipinski definition) is 4. The van der Waals surface area contributed by atoms with E-state index in [0.717, 1.165) is 22.5 Å². The number of hydrogen-bond donors (Lipinski definition) is 1. The molecule has 0 fully saturated rings. The number of phenols is 1. The van der Waals surface area contributed by atoms with Crippen molar-refractivity contribution in [2.45, 2.75) is 19.4 Å². The molecule has 0 unspecified atom stereocenters. The van der Waals surface area contributed by atoms with E-state index < -0.39 is 0 Å². The second-order valence-corrected chi connectivity index (χ2v) is 8.30. The summed E-state index contributed by atoms with van der Waals surface area (Å²) in [7, 11) is 0. The lowest BCUT2D eigenvalue weighted by Gasteiger charge is -2.20. The van der Waals surface area contributed by atoms with Crippen molar-refractivity contribution >= 4 is 23.2 Å². The molecule has 1 amide bonds. The highest BCUT2D eigenvalue weighted by Crippen LogP contribution is 2.39. The molecule has 0 bridgehead atoms. The Morgan fingerprint density at radius 1 is 1.00 bits per heavy atom. The highest BCUT2D eigenvalue weighted by Gasteiger charge is 2.35. The number of carbonyl (C=O) groups is 1. The third-order valence-corrected chi connectivity index (χ3v) is 5.94. The van der Waals surface area contributed by atoms with E-state index in [2.05, 4.69) is 5.10 Å². The lowest BCUT2D eigenvalue weighted by atomic mass is 9.96. The molecule has 1 N–H and O–H groups in total. The van der Waals surface area contributed by atoms with Gasteiger partial charge in [0.1, 0.15) is 5.75 Å². The van der Waals surface area contributed by atoms with Gasteiger partial charge in [0.25, 0.3) is 0 Å². The molecular formula is C26H21ClN4O2. The molecule has 1 aliphatic heterocycles. The smallest absolute Gasteiger partial charge is 0.240 e. The van der Waals surface area contributed by atoms with Crippen LogP contribution in [0, 0.1) is 0 Å². The number of rotatable bonds is 4. The number of halogens is 1. The number of aromatic hydroxyl groups is 1. The van der Waals surface area contributed by atoms with Gasteiger partial charge in [-0.25, -0.2) is 9.69 Å². The van der Waals surface area contributed by atoms with Crippen molar-refractivity contribution in [1.29, 1.82) is 0 Å². The van der Waals surface area contributed by atoms with Crippen LogP contribution >= 0.6 is 11.6 Å². The predicted octanol–water partition coefficient (Wildman–Crippen LogP) is 5.60. The summed E-state index contributed by atoms with van der Waals surface area (Å²) in [5, 5.41) is 21.9. The summed E-state index contributed by atoms with van der Waals surface area (Å²) in [6, 6.07) is 24.0. The third-order valence-electron chi connectivity index (χ3n) is 5.69. The van der Waals surface area contributed by atoms with Gasteiger partial charge in [-0.15, -0.1) is 0 Å². The van der Waals surface area contributed by atoms with Gasteiger partial charge in [0.15, 0.2) is 0 Å². The van der Waals surface area contributed by atoms with Crippen molar-refractivity contribution < 1.29 is 9.90 Å². The van der Waals surface area contributed by atoms with Crippen LogP contribution < -0.4 is 0 Å². The van der Waals surface area contributed by atoms with Gasteiger partial charge in [0, 0.05) is 41.3 Å². The maximum atomic E-state index is 12.6. The number of carbonyl (C=O) groups excluding carboxylic acids is 1. The van der Waals surface area contributed by atoms with Crippen LogP contribution in [0.2, 0.25) is 5.02 Å². The van der Waals surface area contributed by atoms with Crippen molar-refractivity contribution in [3.05, 3.63) is 101 Å². The van der Waals surface area contributed by atoms with Crippen LogP contribution in [0.4, 0.5) is 0 Å². The average molecular weight is 457 g/mol. The van der Waals surface area contributed by atoms with Crippen LogP contribution in [0.25, 0.3) is 16.9 Å². The van der Waals surface area contributed by atoms with Gasteiger partial charge >= 0.3 is 0 Å². The summed E-state index contributed by atoms with van der Waals surface area (Å²) in [6.45, 7) is 1.49. The van der Waals surface area contributed by atoms with E-state index in [4.69, 9.17) is 16.7 Å². The topological polar surface area (TPSA) is 70.7 Å². The Kier molecular flexibility index (Phi) is 5.44. The number of phenolic OH excluding ortho intramolecular Hbond substituents is 1. The fourth-order valence-corrected chi connectivity index (χ4v) is 4.23. The molecule has 33 heavy (non-hydrogen) atoms. The molecule has 0 radical (unpaired) electrons. The van der Waals surface area contributed by atoms with Gasteiger partial charge < -0.3 is 5.11 Å². The summed E-state index contributed by atoms with van der Waals surface area (Å²) in [4.78, 5) is 12.6. The highest BCUT2D eigenvalue weighted by atomic mass is 35.5. The van der Waals surface area contributed by atoms with E-state index in [9.17, 15) is 9.90 Å². The molecule has 7 heteroatoms. The Hall–Kier alpha value is -3.90. The number of para-hydroxylation sites is 2. The molecule has 1 atom stereocenters. The highest BCUT2D eigenvalue weighted by molar-refractivity contribution is 6.30. The first-order valence-corrected chi connectivity index (χ1v) is 11.0. The van der Waals surface area contributed by atoms with Crippen molar-refractivity contribution in [3.63, 3.8) is 0 Å². The van der Waals surface area contributed by atoms with Gasteiger partial charge in [-0.1, -0.05) is 54.1 Å². The average Bonchev–Trinajstić information content (AvgIpc) is 3.46. The van der Waals surface area contributed by atoms with Crippen LogP contribution in [-0.2, 0) is 4.79 Å². The normalized spacial score (nSPS) is 15.5. The minimum atomic E-state index is -0.361. The van der Waals surface area contributed by atoms with Crippen LogP contribution in [0.3, 0.4) is 0 Å². The Morgan fingerprint density at radius 2 is 1.70 bits per heavy atom. The van der Waals surface area contributed by atoms with E-state index in [1.54, 1.807) is 12.1 Å². The zero-order valence-corrected chi connectivity index (χ0v) is 18.6. The van der Waals surface area contributed by atoms with Crippen molar-refractivity contribution in [2.24, 2.45) is 5.10 Å². The van der Waals surface area contributed by atoms with Crippen LogP contribution in [0.15, 0.2) is 90.2 Å². The number of aromatic nitrogens is 2. The number of amides is 1. The van der Waals surface area contributed by atoms with E-state index >= 15 is 0 Å². The molecule has 0 saturated heterocycles. The minimum Gasteiger partial charge on any atom is -0.507 e. The summed E-state index contributed by atoms with van der Waals surface area (Å²) in [6.07, 6.45) is 2.40. The van der Waals surface area contributed by atoms with Crippen LogP contribution in [0.5, 0.6) is 5.75 Å². The van der Waals surface area contributed by atoms with Crippen LogP contribution in [0.1, 0.15) is 30.5 Å². The monoisotopic (exact) mass is 456 g/mol. The first kappa shape index (κ1) is 21.0. The molecule has 0 saturated carbocycles. The van der Waals surface area contributed by atoms with Crippen LogP contribution in [-0.4, -0.2) is 31.5 Å². The predicted molar refractivity (Wildman–Crippen MR) is 129 cm³/mol. The SMILES string of the molecule is CC(=O)N1N=C(c2ccccc2O)C[C@@H]1c1cn(-c2ccccc2)nc1-c1ccc(Cl)cc1. The van der Waals surface area contributed by atoms with Crippen molar-refractivity contribution in [3.8, 4) is 22.7 Å². The second-order valence-electron chi connectivity index (χ2n) is 7.87. The lowest BCUT2D eigenvalue weighted by molar-refractivity contribution is -0.130. The van der Waals surface area contributed by atoms with Crippen molar-refractivity contribution in [2.75, 3.05) is 0 Å². The summed E-state index contributed by atoms with van der Waals surface area (Å²) in [5.41, 5.74) is 4.69. The maximum Gasteiger partial charge on any atom is 0.240 e. The van der Waals surface area contributed by atoms with Crippen molar-refractivity contribution in [1.82, 2.24) is 14.8 Å². The molecule has 6 nitrogen and oxygen atoms in total. The fourth-order valence-electron chi connectivity index (χ4n) is 4.10. The summed E-state index contributed by atoms with van der Waals surface area (Å²) >= 11 is 6.11. The first-order chi connectivity index (χ1) is 16.0. The molecule has 164 valence electrons. The van der Waals surface area contributed by atoms with Gasteiger partial charge in [-0.2, -0.15) is 10.2 Å². The van der Waals surface area contributed by atoms with Gasteiger partial charge in [-0.3, -0.25) is 4.79 Å². The molecule has 1 aliphatic rings. The van der Waals surface area contributed by atoms with E-state index in [1.807, 2.05) is 77.6 Å². The molecule has 4 aromatic rings. The molecule has 2 heterocycles. The van der Waals surface area contributed by atoms with E-state index in [-0.39, 0.29) is 17.7 Å². The van der Waals surface area contributed by atoms with Gasteiger partial charge in [-0.05, 0) is 36.4 Å². The Labute approximate surface area is 196 Å². The van der Waals surface area contributed by atoms with Gasteiger partial charge in [0.2, 0.25) is 5.91 Å². The second kappa shape index (κ2) is 8.56. The number of hydrazone groups is 1. The standard InChI is InChI=1S/C26H21ClN4O2/c1-17(32)31-24(15-23(28-31)21-9-5-6-10-25(21)33)22-16-30(20-7-3-2-4-8-20)29-26(22)18-11-13-19(27)14-12-18/h2-14,16,24,33H,15H2,1H3/t24-/m1/s1. The zero-order valence-electron chi connectivity index (χ0n) is 17.9. The Morgan fingerprint density at radius 3 is 2.39 bits per heavy atom. The zero-order chi connectivity index (χ0) is 22.9. The van der Waals surface area contributed by atoms with E-state index in [1.165, 1.54) is 11.9 Å². The maximum absolute atomic E-state index is 12.6. The largest absolute Gasteiger partial charge is 0.507 e. The molecule has 5 rings (SSSR count).